The van der Waals surface area contributed by atoms with Crippen LogP contribution in [-0.2, 0) is 17.1 Å². The van der Waals surface area contributed by atoms with E-state index in [0.717, 1.165) is 30.2 Å². The fourth-order valence-electron chi connectivity index (χ4n) is 3.23. The minimum Gasteiger partial charge on any atom is -0.367 e. The van der Waals surface area contributed by atoms with E-state index in [1.807, 2.05) is 30.3 Å². The second-order valence-electron chi connectivity index (χ2n) is 7.56. The lowest BCUT2D eigenvalue weighted by molar-refractivity contribution is 0.573. The van der Waals surface area contributed by atoms with Crippen molar-refractivity contribution in [3.63, 3.8) is 0 Å². The summed E-state index contributed by atoms with van der Waals surface area (Å²) in [6.45, 7) is 1.79. The lowest BCUT2D eigenvalue weighted by Crippen LogP contribution is -2.25. The Balaban J connectivity index is 1.74. The van der Waals surface area contributed by atoms with Crippen molar-refractivity contribution in [3.8, 4) is 11.3 Å². The van der Waals surface area contributed by atoms with Crippen LogP contribution in [0.25, 0.3) is 22.2 Å². The van der Waals surface area contributed by atoms with Crippen molar-refractivity contribution in [1.29, 1.82) is 0 Å². The number of aryl methyl sites for hydroxylation is 1. The largest absolute Gasteiger partial charge is 0.367 e. The fourth-order valence-corrected chi connectivity index (χ4v) is 4.01. The van der Waals surface area contributed by atoms with Gasteiger partial charge in [-0.3, -0.25) is 4.79 Å². The van der Waals surface area contributed by atoms with Gasteiger partial charge in [0.05, 0.1) is 23.8 Å². The number of sulfonamides is 1. The monoisotopic (exact) mass is 413 g/mol. The molecule has 0 amide bonds. The quantitative estimate of drug-likeness (QED) is 0.642. The van der Waals surface area contributed by atoms with Crippen LogP contribution in [0.3, 0.4) is 0 Å². The summed E-state index contributed by atoms with van der Waals surface area (Å²) >= 11 is 0. The third kappa shape index (κ3) is 4.30. The molecule has 1 aromatic carbocycles. The van der Waals surface area contributed by atoms with Crippen LogP contribution in [-0.4, -0.2) is 35.3 Å². The molecule has 0 spiro atoms. The molecule has 1 atom stereocenters. The molecule has 1 fully saturated rings. The third-order valence-corrected chi connectivity index (χ3v) is 5.70. The van der Waals surface area contributed by atoms with Crippen molar-refractivity contribution in [3.05, 3.63) is 52.6 Å². The van der Waals surface area contributed by atoms with E-state index < -0.39 is 10.0 Å². The predicted molar refractivity (Wildman–Crippen MR) is 113 cm³/mol. The van der Waals surface area contributed by atoms with Gasteiger partial charge >= 0.3 is 0 Å². The first kappa shape index (κ1) is 19.5. The molecule has 8 nitrogen and oxygen atoms in total. The zero-order valence-corrected chi connectivity index (χ0v) is 17.3. The number of hydrogen-bond donors (Lipinski definition) is 2. The summed E-state index contributed by atoms with van der Waals surface area (Å²) < 4.78 is 26.9. The highest BCUT2D eigenvalue weighted by Crippen LogP contribution is 2.30. The van der Waals surface area contributed by atoms with E-state index in [1.165, 1.54) is 10.9 Å². The van der Waals surface area contributed by atoms with Crippen LogP contribution in [0, 0.1) is 0 Å². The fraction of sp³-hybridized carbons (Fsp3) is 0.350. The molecule has 0 saturated heterocycles. The van der Waals surface area contributed by atoms with Gasteiger partial charge in [-0.2, -0.15) is 0 Å². The maximum absolute atomic E-state index is 12.6. The summed E-state index contributed by atoms with van der Waals surface area (Å²) in [6.07, 6.45) is 4.78. The Morgan fingerprint density at radius 1 is 1.21 bits per heavy atom. The number of benzene rings is 1. The average Bonchev–Trinajstić information content (AvgIpc) is 3.47. The molecule has 0 aliphatic heterocycles. The Kier molecular flexibility index (Phi) is 4.87. The van der Waals surface area contributed by atoms with Crippen LogP contribution < -0.4 is 15.6 Å². The van der Waals surface area contributed by atoms with Crippen molar-refractivity contribution in [2.45, 2.75) is 31.8 Å². The third-order valence-electron chi connectivity index (χ3n) is 4.92. The summed E-state index contributed by atoms with van der Waals surface area (Å²) in [7, 11) is -1.61. The number of rotatable bonds is 6. The van der Waals surface area contributed by atoms with Crippen LogP contribution in [0.15, 0.2) is 41.5 Å². The Labute approximate surface area is 169 Å². The number of hydrogen-bond acceptors (Lipinski definition) is 6. The first-order valence-corrected chi connectivity index (χ1v) is 11.3. The van der Waals surface area contributed by atoms with E-state index in [9.17, 15) is 13.2 Å². The predicted octanol–water partition coefficient (Wildman–Crippen LogP) is 2.18. The molecule has 2 heterocycles. The smallest absolute Gasteiger partial charge is 0.264 e. The van der Waals surface area contributed by atoms with Crippen molar-refractivity contribution < 1.29 is 8.42 Å². The molecule has 2 aromatic heterocycles. The molecule has 4 rings (SSSR count). The summed E-state index contributed by atoms with van der Waals surface area (Å²) in [5.41, 5.74) is 2.88. The van der Waals surface area contributed by atoms with Gasteiger partial charge in [-0.05, 0) is 31.4 Å². The van der Waals surface area contributed by atoms with Crippen LogP contribution >= 0.6 is 0 Å². The molecule has 9 heteroatoms. The molecule has 1 aliphatic rings. The van der Waals surface area contributed by atoms with Crippen LogP contribution in [0.5, 0.6) is 0 Å². The van der Waals surface area contributed by atoms with E-state index in [0.29, 0.717) is 28.5 Å². The Morgan fingerprint density at radius 3 is 2.52 bits per heavy atom. The molecule has 152 valence electrons. The summed E-state index contributed by atoms with van der Waals surface area (Å²) in [6, 6.07) is 9.35. The van der Waals surface area contributed by atoms with E-state index in [4.69, 9.17) is 4.98 Å². The lowest BCUT2D eigenvalue weighted by Gasteiger charge is -2.14. The molecular formula is C20H23N5O3S. The molecule has 29 heavy (non-hydrogen) atoms. The molecule has 0 radical (unpaired) electrons. The first-order chi connectivity index (χ1) is 13.7. The average molecular weight is 414 g/mol. The zero-order chi connectivity index (χ0) is 20.8. The molecule has 1 unspecified atom stereocenters. The van der Waals surface area contributed by atoms with Crippen LogP contribution in [0.1, 0.15) is 31.4 Å². The number of anilines is 1. The van der Waals surface area contributed by atoms with Gasteiger partial charge < -0.3 is 9.88 Å². The summed E-state index contributed by atoms with van der Waals surface area (Å²) in [4.78, 5) is 21.7. The van der Waals surface area contributed by atoms with Crippen molar-refractivity contribution in [2.75, 3.05) is 11.6 Å². The Morgan fingerprint density at radius 2 is 1.90 bits per heavy atom. The van der Waals surface area contributed by atoms with Crippen molar-refractivity contribution >= 4 is 26.7 Å². The van der Waals surface area contributed by atoms with Gasteiger partial charge in [-0.25, -0.2) is 23.1 Å². The molecule has 1 saturated carbocycles. The normalized spacial score (nSPS) is 15.4. The van der Waals surface area contributed by atoms with Gasteiger partial charge in [0.15, 0.2) is 0 Å². The van der Waals surface area contributed by atoms with E-state index in [2.05, 4.69) is 15.0 Å². The SMILES string of the molecule is CC(NS(C)(=O)=O)c1ccc(-c2cc3ncn(C)c(=O)c3c(NC3CC3)n2)cc1. The molecule has 2 N–H and O–H groups in total. The van der Waals surface area contributed by atoms with Gasteiger partial charge in [0.25, 0.3) is 5.56 Å². The number of nitrogens with zero attached hydrogens (tertiary/aromatic N) is 3. The summed E-state index contributed by atoms with van der Waals surface area (Å²) in [5.74, 6) is 0.560. The standard InChI is InChI=1S/C20H23N5O3S/c1-12(24-29(3,27)28)13-4-6-14(7-5-13)16-10-17-18(20(26)25(2)11-21-17)19(23-16)22-15-8-9-15/h4-7,10-12,15,24H,8-9H2,1-3H3,(H,22,23). The molecule has 0 bridgehead atoms. The van der Waals surface area contributed by atoms with Crippen LogP contribution in [0.2, 0.25) is 0 Å². The van der Waals surface area contributed by atoms with E-state index in [-0.39, 0.29) is 11.6 Å². The second-order valence-corrected chi connectivity index (χ2v) is 9.34. The Hall–Kier alpha value is -2.78. The number of pyridine rings is 1. The minimum absolute atomic E-state index is 0.131. The molecule has 3 aromatic rings. The molecule has 1 aliphatic carbocycles. The van der Waals surface area contributed by atoms with Gasteiger partial charge in [-0.1, -0.05) is 24.3 Å². The van der Waals surface area contributed by atoms with Gasteiger partial charge in [0.2, 0.25) is 10.0 Å². The summed E-state index contributed by atoms with van der Waals surface area (Å²) in [5, 5.41) is 3.85. The number of nitrogens with one attached hydrogen (secondary N) is 2. The van der Waals surface area contributed by atoms with Gasteiger partial charge in [0, 0.05) is 24.7 Å². The zero-order valence-electron chi connectivity index (χ0n) is 16.5. The van der Waals surface area contributed by atoms with Crippen molar-refractivity contribution in [1.82, 2.24) is 19.3 Å². The second kappa shape index (κ2) is 7.23. The van der Waals surface area contributed by atoms with Gasteiger partial charge in [-0.15, -0.1) is 0 Å². The van der Waals surface area contributed by atoms with Crippen molar-refractivity contribution in [2.24, 2.45) is 7.05 Å². The maximum atomic E-state index is 12.6. The maximum Gasteiger partial charge on any atom is 0.264 e. The van der Waals surface area contributed by atoms with E-state index in [1.54, 1.807) is 14.0 Å². The Bertz CT molecular complexity index is 1230. The lowest BCUT2D eigenvalue weighted by atomic mass is 10.0. The van der Waals surface area contributed by atoms with Gasteiger partial charge in [0.1, 0.15) is 11.2 Å². The number of fused-ring (bicyclic) bond motifs is 1. The first-order valence-electron chi connectivity index (χ1n) is 9.42. The highest BCUT2D eigenvalue weighted by atomic mass is 32.2. The highest BCUT2D eigenvalue weighted by molar-refractivity contribution is 7.88. The number of aromatic nitrogens is 3. The minimum atomic E-state index is -3.29. The van der Waals surface area contributed by atoms with E-state index >= 15 is 0 Å². The van der Waals surface area contributed by atoms with Crippen LogP contribution in [0.4, 0.5) is 5.82 Å². The highest BCUT2D eigenvalue weighted by Gasteiger charge is 2.24. The topological polar surface area (TPSA) is 106 Å². The molecular weight excluding hydrogens is 390 g/mol.